The standard InChI is InChI=1S/C19H22N4O4/c24-17(15-12-20-16-3-1-2-6-23(16)19(15)26)21-14-5-4-13(11-14)18(25)22-7-9-27-10-8-22/h1-3,6,12-14H,4-5,7-11H2,(H,21,24)/t13-,14+/m0/s1. The van der Waals surface area contributed by atoms with Crippen LogP contribution in [0.1, 0.15) is 29.6 Å². The van der Waals surface area contributed by atoms with Gasteiger partial charge in [-0.1, -0.05) is 6.07 Å². The molecule has 0 spiro atoms. The van der Waals surface area contributed by atoms with Crippen LogP contribution in [0.15, 0.2) is 35.4 Å². The van der Waals surface area contributed by atoms with Crippen LogP contribution in [0, 0.1) is 5.92 Å². The predicted molar refractivity (Wildman–Crippen MR) is 97.5 cm³/mol. The van der Waals surface area contributed by atoms with Crippen molar-refractivity contribution in [3.8, 4) is 0 Å². The van der Waals surface area contributed by atoms with Crippen molar-refractivity contribution >= 4 is 17.5 Å². The zero-order valence-corrected chi connectivity index (χ0v) is 15.0. The van der Waals surface area contributed by atoms with Crippen LogP contribution >= 0.6 is 0 Å². The maximum absolute atomic E-state index is 12.6. The lowest BCUT2D eigenvalue weighted by Gasteiger charge is -2.29. The third-order valence-corrected chi connectivity index (χ3v) is 5.30. The van der Waals surface area contributed by atoms with E-state index in [9.17, 15) is 14.4 Å². The number of morpholine rings is 1. The molecule has 3 heterocycles. The first-order valence-electron chi connectivity index (χ1n) is 9.27. The molecule has 8 nitrogen and oxygen atoms in total. The van der Waals surface area contributed by atoms with Crippen molar-refractivity contribution in [2.75, 3.05) is 26.3 Å². The lowest BCUT2D eigenvalue weighted by Crippen LogP contribution is -2.44. The van der Waals surface area contributed by atoms with Gasteiger partial charge in [0.15, 0.2) is 0 Å². The van der Waals surface area contributed by atoms with Crippen LogP contribution < -0.4 is 10.9 Å². The van der Waals surface area contributed by atoms with E-state index in [0.717, 1.165) is 12.8 Å². The molecule has 142 valence electrons. The Balaban J connectivity index is 1.41. The van der Waals surface area contributed by atoms with E-state index in [1.54, 1.807) is 24.4 Å². The summed E-state index contributed by atoms with van der Waals surface area (Å²) < 4.78 is 6.64. The number of nitrogens with one attached hydrogen (secondary N) is 1. The van der Waals surface area contributed by atoms with E-state index < -0.39 is 11.5 Å². The summed E-state index contributed by atoms with van der Waals surface area (Å²) >= 11 is 0. The van der Waals surface area contributed by atoms with Gasteiger partial charge < -0.3 is 15.0 Å². The number of hydrogen-bond donors (Lipinski definition) is 1. The van der Waals surface area contributed by atoms with Crippen LogP contribution in [0.2, 0.25) is 0 Å². The van der Waals surface area contributed by atoms with Gasteiger partial charge in [-0.3, -0.25) is 18.8 Å². The van der Waals surface area contributed by atoms with E-state index in [1.165, 1.54) is 10.6 Å². The number of carbonyl (C=O) groups is 2. The van der Waals surface area contributed by atoms with Gasteiger partial charge in [0.2, 0.25) is 5.91 Å². The van der Waals surface area contributed by atoms with Gasteiger partial charge in [-0.05, 0) is 31.4 Å². The van der Waals surface area contributed by atoms with Crippen LogP contribution in [0.5, 0.6) is 0 Å². The van der Waals surface area contributed by atoms with Crippen molar-refractivity contribution in [2.45, 2.75) is 25.3 Å². The zero-order chi connectivity index (χ0) is 18.8. The number of pyridine rings is 1. The summed E-state index contributed by atoms with van der Waals surface area (Å²) in [6.45, 7) is 2.42. The van der Waals surface area contributed by atoms with Crippen molar-refractivity contribution in [3.05, 3.63) is 46.5 Å². The Kier molecular flexibility index (Phi) is 4.89. The van der Waals surface area contributed by atoms with E-state index in [4.69, 9.17) is 4.74 Å². The number of carbonyl (C=O) groups excluding carboxylic acids is 2. The fraction of sp³-hybridized carbons (Fsp3) is 0.474. The molecular formula is C19H22N4O4. The largest absolute Gasteiger partial charge is 0.378 e. The SMILES string of the molecule is O=C(N[C@@H]1CC[C@H](C(=O)N2CCOCC2)C1)c1cnc2ccccn2c1=O. The molecular weight excluding hydrogens is 348 g/mol. The molecule has 2 aromatic heterocycles. The molecule has 0 bridgehead atoms. The number of nitrogens with zero attached hydrogens (tertiary/aromatic N) is 3. The predicted octanol–water partition coefficient (Wildman–Crippen LogP) is 0.452. The minimum Gasteiger partial charge on any atom is -0.378 e. The van der Waals surface area contributed by atoms with Gasteiger partial charge in [-0.2, -0.15) is 0 Å². The average molecular weight is 370 g/mol. The Labute approximate surface area is 156 Å². The van der Waals surface area contributed by atoms with E-state index in [1.807, 2.05) is 4.90 Å². The van der Waals surface area contributed by atoms with E-state index >= 15 is 0 Å². The number of hydrogen-bond acceptors (Lipinski definition) is 5. The fourth-order valence-electron chi connectivity index (χ4n) is 3.82. The quantitative estimate of drug-likeness (QED) is 0.847. The molecule has 1 aliphatic heterocycles. The topological polar surface area (TPSA) is 93.0 Å². The maximum atomic E-state index is 12.6. The first kappa shape index (κ1) is 17.7. The van der Waals surface area contributed by atoms with Crippen LogP contribution in [-0.4, -0.2) is 58.4 Å². The molecule has 1 saturated carbocycles. The summed E-state index contributed by atoms with van der Waals surface area (Å²) in [6.07, 6.45) is 4.99. The number of rotatable bonds is 3. The summed E-state index contributed by atoms with van der Waals surface area (Å²) in [5, 5.41) is 2.90. The fourth-order valence-corrected chi connectivity index (χ4v) is 3.82. The van der Waals surface area contributed by atoms with Gasteiger partial charge in [-0.15, -0.1) is 0 Å². The third kappa shape index (κ3) is 3.57. The number of fused-ring (bicyclic) bond motifs is 1. The zero-order valence-electron chi connectivity index (χ0n) is 15.0. The van der Waals surface area contributed by atoms with Crippen LogP contribution in [-0.2, 0) is 9.53 Å². The Hall–Kier alpha value is -2.74. The van der Waals surface area contributed by atoms with Gasteiger partial charge in [0, 0.05) is 37.4 Å². The van der Waals surface area contributed by atoms with Crippen LogP contribution in [0.3, 0.4) is 0 Å². The molecule has 8 heteroatoms. The summed E-state index contributed by atoms with van der Waals surface area (Å²) in [5.41, 5.74) is 0.120. The Morgan fingerprint density at radius 2 is 2.00 bits per heavy atom. The maximum Gasteiger partial charge on any atom is 0.270 e. The van der Waals surface area contributed by atoms with Crippen LogP contribution in [0.4, 0.5) is 0 Å². The van der Waals surface area contributed by atoms with Gasteiger partial charge >= 0.3 is 0 Å². The lowest BCUT2D eigenvalue weighted by molar-refractivity contribution is -0.139. The van der Waals surface area contributed by atoms with E-state index in [0.29, 0.717) is 38.4 Å². The minimum absolute atomic E-state index is 0.0154. The molecule has 2 aromatic rings. The van der Waals surface area contributed by atoms with Crippen molar-refractivity contribution in [1.29, 1.82) is 0 Å². The van der Waals surface area contributed by atoms with E-state index in [2.05, 4.69) is 10.3 Å². The van der Waals surface area contributed by atoms with Gasteiger partial charge in [0.25, 0.3) is 11.5 Å². The molecule has 1 aliphatic carbocycles. The third-order valence-electron chi connectivity index (χ3n) is 5.30. The second kappa shape index (κ2) is 7.48. The highest BCUT2D eigenvalue weighted by molar-refractivity contribution is 5.94. The highest BCUT2D eigenvalue weighted by Crippen LogP contribution is 2.27. The first-order chi connectivity index (χ1) is 13.1. The summed E-state index contributed by atoms with van der Waals surface area (Å²) in [4.78, 5) is 43.7. The number of amides is 2. The van der Waals surface area contributed by atoms with Crippen LogP contribution in [0.25, 0.3) is 5.65 Å². The molecule has 1 N–H and O–H groups in total. The molecule has 0 unspecified atom stereocenters. The van der Waals surface area contributed by atoms with Crippen molar-refractivity contribution < 1.29 is 14.3 Å². The second-order valence-corrected chi connectivity index (χ2v) is 7.02. The summed E-state index contributed by atoms with van der Waals surface area (Å²) in [7, 11) is 0. The normalized spacial score (nSPS) is 22.7. The first-order valence-corrected chi connectivity index (χ1v) is 9.27. The monoisotopic (exact) mass is 370 g/mol. The molecule has 2 amide bonds. The van der Waals surface area contributed by atoms with Crippen molar-refractivity contribution in [2.24, 2.45) is 5.92 Å². The molecule has 2 aliphatic rings. The van der Waals surface area contributed by atoms with Crippen molar-refractivity contribution in [3.63, 3.8) is 0 Å². The smallest absolute Gasteiger partial charge is 0.270 e. The van der Waals surface area contributed by atoms with Gasteiger partial charge in [0.05, 0.1) is 13.2 Å². The molecule has 0 radical (unpaired) electrons. The van der Waals surface area contributed by atoms with Gasteiger partial charge in [-0.25, -0.2) is 4.98 Å². The lowest BCUT2D eigenvalue weighted by atomic mass is 10.1. The highest BCUT2D eigenvalue weighted by atomic mass is 16.5. The Morgan fingerprint density at radius 3 is 2.81 bits per heavy atom. The summed E-state index contributed by atoms with van der Waals surface area (Å²) in [5.74, 6) is -0.373. The Bertz CT molecular complexity index is 919. The molecule has 2 atom stereocenters. The van der Waals surface area contributed by atoms with E-state index in [-0.39, 0.29) is 23.4 Å². The highest BCUT2D eigenvalue weighted by Gasteiger charge is 2.34. The van der Waals surface area contributed by atoms with Gasteiger partial charge in [0.1, 0.15) is 11.2 Å². The van der Waals surface area contributed by atoms with Crippen molar-refractivity contribution in [1.82, 2.24) is 19.6 Å². The second-order valence-electron chi connectivity index (χ2n) is 7.02. The average Bonchev–Trinajstić information content (AvgIpc) is 3.17. The molecule has 4 rings (SSSR count). The number of aromatic nitrogens is 2. The number of ether oxygens (including phenoxy) is 1. The Morgan fingerprint density at radius 1 is 1.19 bits per heavy atom. The minimum atomic E-state index is -0.435. The summed E-state index contributed by atoms with van der Waals surface area (Å²) in [6, 6.07) is 5.10. The molecule has 2 fully saturated rings. The molecule has 27 heavy (non-hydrogen) atoms. The molecule has 0 aromatic carbocycles. The molecule has 1 saturated heterocycles.